The van der Waals surface area contributed by atoms with Gasteiger partial charge in [-0.2, -0.15) is 0 Å². The number of aromatic nitrogens is 1. The molecule has 1 aliphatic heterocycles. The van der Waals surface area contributed by atoms with Gasteiger partial charge in [-0.05, 0) is 43.0 Å². The molecule has 1 saturated heterocycles. The standard InChI is InChI=1S/C24H22N2O5S/c1-2-30-22(27)16-25-15-17(19-10-6-7-11-20(19)25)14-21-23(28)26(24(29)32-21)12-13-31-18-8-4-3-5-9-18/h3-11,14-15H,2,12-13,16H2,1H3/b21-14-. The normalized spacial score (nSPS) is 15.0. The Morgan fingerprint density at radius 2 is 1.81 bits per heavy atom. The van der Waals surface area contributed by atoms with Gasteiger partial charge < -0.3 is 14.0 Å². The molecule has 0 saturated carbocycles. The lowest BCUT2D eigenvalue weighted by Crippen LogP contribution is -2.32. The second kappa shape index (κ2) is 9.74. The summed E-state index contributed by atoms with van der Waals surface area (Å²) in [6.07, 6.45) is 3.50. The summed E-state index contributed by atoms with van der Waals surface area (Å²) >= 11 is 0.905. The third kappa shape index (κ3) is 4.70. The molecule has 0 radical (unpaired) electrons. The molecule has 0 atom stereocenters. The maximum atomic E-state index is 12.8. The van der Waals surface area contributed by atoms with Crippen molar-refractivity contribution in [2.24, 2.45) is 0 Å². The first kappa shape index (κ1) is 21.7. The molecule has 1 aliphatic rings. The minimum absolute atomic E-state index is 0.0699. The average molecular weight is 451 g/mol. The molecule has 0 N–H and O–H groups in total. The summed E-state index contributed by atoms with van der Waals surface area (Å²) in [5.74, 6) is 0.00171. The van der Waals surface area contributed by atoms with Crippen LogP contribution in [-0.2, 0) is 20.9 Å². The Kier molecular flexibility index (Phi) is 6.61. The number of carbonyl (C=O) groups is 3. The molecule has 1 aromatic heterocycles. The first-order valence-electron chi connectivity index (χ1n) is 10.2. The smallest absolute Gasteiger partial charge is 0.325 e. The second-order valence-electron chi connectivity index (χ2n) is 7.03. The Morgan fingerprint density at radius 3 is 2.59 bits per heavy atom. The van der Waals surface area contributed by atoms with Crippen molar-refractivity contribution >= 4 is 45.9 Å². The van der Waals surface area contributed by atoms with Crippen molar-refractivity contribution in [3.05, 3.63) is 71.3 Å². The molecular weight excluding hydrogens is 428 g/mol. The van der Waals surface area contributed by atoms with Gasteiger partial charge in [0.1, 0.15) is 18.9 Å². The van der Waals surface area contributed by atoms with Crippen molar-refractivity contribution in [2.75, 3.05) is 19.8 Å². The van der Waals surface area contributed by atoms with E-state index in [1.54, 1.807) is 23.8 Å². The number of thioether (sulfide) groups is 1. The molecular formula is C24H22N2O5S. The van der Waals surface area contributed by atoms with Crippen LogP contribution in [0.25, 0.3) is 17.0 Å². The molecule has 3 aromatic rings. The molecule has 2 aromatic carbocycles. The third-order valence-electron chi connectivity index (χ3n) is 4.91. The van der Waals surface area contributed by atoms with Crippen LogP contribution in [0.5, 0.6) is 5.75 Å². The van der Waals surface area contributed by atoms with Crippen LogP contribution in [0, 0.1) is 0 Å². The number of hydrogen-bond acceptors (Lipinski definition) is 6. The summed E-state index contributed by atoms with van der Waals surface area (Å²) in [5.41, 5.74) is 1.61. The zero-order valence-electron chi connectivity index (χ0n) is 17.5. The summed E-state index contributed by atoms with van der Waals surface area (Å²) in [6, 6.07) is 16.8. The summed E-state index contributed by atoms with van der Waals surface area (Å²) in [7, 11) is 0. The predicted octanol–water partition coefficient (Wildman–Crippen LogP) is 4.32. The summed E-state index contributed by atoms with van der Waals surface area (Å²) in [5, 5.41) is 0.559. The first-order chi connectivity index (χ1) is 15.6. The SMILES string of the molecule is CCOC(=O)Cn1cc(/C=C2\SC(=O)N(CCOc3ccccc3)C2=O)c2ccccc21. The fourth-order valence-corrected chi connectivity index (χ4v) is 4.33. The van der Waals surface area contributed by atoms with E-state index in [4.69, 9.17) is 9.47 Å². The highest BCUT2D eigenvalue weighted by Gasteiger charge is 2.35. The first-order valence-corrected chi connectivity index (χ1v) is 11.0. The lowest BCUT2D eigenvalue weighted by atomic mass is 10.1. The molecule has 4 rings (SSSR count). The zero-order chi connectivity index (χ0) is 22.5. The summed E-state index contributed by atoms with van der Waals surface area (Å²) in [6.45, 7) is 2.53. The maximum absolute atomic E-state index is 12.8. The largest absolute Gasteiger partial charge is 0.492 e. The number of amides is 2. The molecule has 164 valence electrons. The van der Waals surface area contributed by atoms with Gasteiger partial charge in [-0.25, -0.2) is 0 Å². The lowest BCUT2D eigenvalue weighted by Gasteiger charge is -2.13. The molecule has 1 fully saturated rings. The number of rotatable bonds is 8. The van der Waals surface area contributed by atoms with E-state index in [1.807, 2.05) is 54.6 Å². The van der Waals surface area contributed by atoms with E-state index in [0.717, 1.165) is 28.2 Å². The number of ether oxygens (including phenoxy) is 2. The van der Waals surface area contributed by atoms with Gasteiger partial charge in [0.25, 0.3) is 11.1 Å². The predicted molar refractivity (Wildman–Crippen MR) is 123 cm³/mol. The zero-order valence-corrected chi connectivity index (χ0v) is 18.3. The van der Waals surface area contributed by atoms with Crippen LogP contribution < -0.4 is 4.74 Å². The van der Waals surface area contributed by atoms with Crippen molar-refractivity contribution in [2.45, 2.75) is 13.5 Å². The van der Waals surface area contributed by atoms with E-state index in [1.165, 1.54) is 4.90 Å². The number of benzene rings is 2. The Labute approximate surface area is 189 Å². The third-order valence-corrected chi connectivity index (χ3v) is 5.82. The topological polar surface area (TPSA) is 77.8 Å². The van der Waals surface area contributed by atoms with E-state index >= 15 is 0 Å². The summed E-state index contributed by atoms with van der Waals surface area (Å²) in [4.78, 5) is 38.8. The van der Waals surface area contributed by atoms with Gasteiger partial charge >= 0.3 is 5.97 Å². The fourth-order valence-electron chi connectivity index (χ4n) is 3.47. The molecule has 2 amide bonds. The van der Waals surface area contributed by atoms with Crippen molar-refractivity contribution in [3.63, 3.8) is 0 Å². The number of imide groups is 1. The van der Waals surface area contributed by atoms with E-state index < -0.39 is 0 Å². The van der Waals surface area contributed by atoms with Crippen molar-refractivity contribution < 1.29 is 23.9 Å². The Balaban J connectivity index is 1.51. The highest BCUT2D eigenvalue weighted by Crippen LogP contribution is 2.34. The van der Waals surface area contributed by atoms with Crippen LogP contribution in [0.15, 0.2) is 65.7 Å². The van der Waals surface area contributed by atoms with E-state index in [-0.39, 0.29) is 36.8 Å². The van der Waals surface area contributed by atoms with Gasteiger partial charge in [-0.1, -0.05) is 36.4 Å². The molecule has 32 heavy (non-hydrogen) atoms. The second-order valence-corrected chi connectivity index (χ2v) is 8.02. The van der Waals surface area contributed by atoms with E-state index in [2.05, 4.69) is 0 Å². The number of para-hydroxylation sites is 2. The number of carbonyl (C=O) groups excluding carboxylic acids is 3. The highest BCUT2D eigenvalue weighted by atomic mass is 32.2. The van der Waals surface area contributed by atoms with Crippen molar-refractivity contribution in [3.8, 4) is 5.75 Å². The lowest BCUT2D eigenvalue weighted by molar-refractivity contribution is -0.143. The van der Waals surface area contributed by atoms with Gasteiger partial charge in [0.05, 0.1) is 18.1 Å². The Hall–Kier alpha value is -3.52. The molecule has 8 heteroatoms. The molecule has 7 nitrogen and oxygen atoms in total. The number of nitrogens with zero attached hydrogens (tertiary/aromatic N) is 2. The van der Waals surface area contributed by atoms with Crippen LogP contribution in [0.2, 0.25) is 0 Å². The quantitative estimate of drug-likeness (QED) is 0.376. The van der Waals surface area contributed by atoms with Crippen LogP contribution in [0.4, 0.5) is 4.79 Å². The average Bonchev–Trinajstić information content (AvgIpc) is 3.26. The molecule has 2 heterocycles. The Morgan fingerprint density at radius 1 is 1.06 bits per heavy atom. The highest BCUT2D eigenvalue weighted by molar-refractivity contribution is 8.18. The fraction of sp³-hybridized carbons (Fsp3) is 0.208. The van der Waals surface area contributed by atoms with Crippen LogP contribution in [0.3, 0.4) is 0 Å². The minimum Gasteiger partial charge on any atom is -0.492 e. The van der Waals surface area contributed by atoms with Crippen molar-refractivity contribution in [1.82, 2.24) is 9.47 Å². The minimum atomic E-state index is -0.348. The molecule has 0 unspecified atom stereocenters. The van der Waals surface area contributed by atoms with Gasteiger partial charge in [0.15, 0.2) is 0 Å². The Bertz CT molecular complexity index is 1190. The number of esters is 1. The van der Waals surface area contributed by atoms with Gasteiger partial charge in [-0.15, -0.1) is 0 Å². The molecule has 0 aliphatic carbocycles. The van der Waals surface area contributed by atoms with E-state index in [0.29, 0.717) is 17.3 Å². The van der Waals surface area contributed by atoms with E-state index in [9.17, 15) is 14.4 Å². The monoisotopic (exact) mass is 450 g/mol. The maximum Gasteiger partial charge on any atom is 0.325 e. The molecule has 0 bridgehead atoms. The molecule has 0 spiro atoms. The van der Waals surface area contributed by atoms with Crippen LogP contribution >= 0.6 is 11.8 Å². The number of hydrogen-bond donors (Lipinski definition) is 0. The number of fused-ring (bicyclic) bond motifs is 1. The van der Waals surface area contributed by atoms with Gasteiger partial charge in [0.2, 0.25) is 0 Å². The van der Waals surface area contributed by atoms with Crippen LogP contribution in [0.1, 0.15) is 12.5 Å². The van der Waals surface area contributed by atoms with Crippen LogP contribution in [-0.4, -0.2) is 46.3 Å². The van der Waals surface area contributed by atoms with Gasteiger partial charge in [-0.3, -0.25) is 19.3 Å². The van der Waals surface area contributed by atoms with Crippen molar-refractivity contribution in [1.29, 1.82) is 0 Å². The summed E-state index contributed by atoms with van der Waals surface area (Å²) < 4.78 is 12.5. The van der Waals surface area contributed by atoms with Gasteiger partial charge in [0, 0.05) is 22.7 Å².